The molecule has 0 aliphatic carbocycles. The van der Waals surface area contributed by atoms with E-state index in [0.717, 1.165) is 21.7 Å². The molecule has 3 rings (SSSR count). The van der Waals surface area contributed by atoms with Crippen LogP contribution in [0.2, 0.25) is 5.02 Å². The van der Waals surface area contributed by atoms with Crippen LogP contribution < -0.4 is 9.62 Å². The summed E-state index contributed by atoms with van der Waals surface area (Å²) >= 11 is 6.44. The van der Waals surface area contributed by atoms with Crippen molar-refractivity contribution < 1.29 is 18.0 Å². The lowest BCUT2D eigenvalue weighted by Crippen LogP contribution is -2.53. The van der Waals surface area contributed by atoms with E-state index in [1.54, 1.807) is 36.4 Å². The standard InChI is InChI=1S/C29H34ClN3O4S/c1-21(2)24-15-9-11-17-26(24)33(38(4,36)37)20-28(34)32(19-23-14-8-10-16-25(23)30)27(29(35)31-3)18-22-12-6-5-7-13-22/h5-17,21,27H,18-20H2,1-4H3,(H,31,35). The Balaban J connectivity index is 2.08. The van der Waals surface area contributed by atoms with Gasteiger partial charge in [0, 0.05) is 25.0 Å². The lowest BCUT2D eigenvalue weighted by atomic mass is 10.0. The van der Waals surface area contributed by atoms with E-state index in [1.807, 2.05) is 56.3 Å². The Labute approximate surface area is 230 Å². The van der Waals surface area contributed by atoms with Gasteiger partial charge in [0.15, 0.2) is 0 Å². The average molecular weight is 556 g/mol. The van der Waals surface area contributed by atoms with Gasteiger partial charge < -0.3 is 10.2 Å². The minimum Gasteiger partial charge on any atom is -0.357 e. The first-order valence-corrected chi connectivity index (χ1v) is 14.6. The van der Waals surface area contributed by atoms with Crippen LogP contribution in [0.5, 0.6) is 0 Å². The number of benzene rings is 3. The molecule has 0 fully saturated rings. The van der Waals surface area contributed by atoms with Crippen molar-refractivity contribution in [1.29, 1.82) is 0 Å². The van der Waals surface area contributed by atoms with E-state index in [1.165, 1.54) is 11.9 Å². The molecule has 0 saturated carbocycles. The Hall–Kier alpha value is -3.36. The average Bonchev–Trinajstić information content (AvgIpc) is 2.89. The van der Waals surface area contributed by atoms with E-state index in [2.05, 4.69) is 5.32 Å². The van der Waals surface area contributed by atoms with Crippen LogP contribution in [0.3, 0.4) is 0 Å². The third-order valence-electron chi connectivity index (χ3n) is 6.32. The van der Waals surface area contributed by atoms with Gasteiger partial charge in [0.1, 0.15) is 12.6 Å². The molecule has 0 aromatic heterocycles. The van der Waals surface area contributed by atoms with Crippen LogP contribution in [0.25, 0.3) is 0 Å². The van der Waals surface area contributed by atoms with Crippen molar-refractivity contribution >= 4 is 39.1 Å². The van der Waals surface area contributed by atoms with E-state index >= 15 is 0 Å². The number of para-hydroxylation sites is 1. The number of hydrogen-bond donors (Lipinski definition) is 1. The molecule has 1 unspecified atom stereocenters. The van der Waals surface area contributed by atoms with Crippen molar-refractivity contribution in [1.82, 2.24) is 10.2 Å². The Kier molecular flexibility index (Phi) is 9.94. The molecular formula is C29H34ClN3O4S. The van der Waals surface area contributed by atoms with Gasteiger partial charge in [0.05, 0.1) is 11.9 Å². The summed E-state index contributed by atoms with van der Waals surface area (Å²) in [6, 6.07) is 22.7. The molecule has 0 saturated heterocycles. The second kappa shape index (κ2) is 12.9. The fourth-order valence-electron chi connectivity index (χ4n) is 4.33. The number of nitrogens with one attached hydrogen (secondary N) is 1. The Bertz CT molecular complexity index is 1360. The predicted molar refractivity (Wildman–Crippen MR) is 153 cm³/mol. The third kappa shape index (κ3) is 7.36. The summed E-state index contributed by atoms with van der Waals surface area (Å²) in [6.45, 7) is 3.50. The van der Waals surface area contributed by atoms with E-state index in [0.29, 0.717) is 16.3 Å². The highest BCUT2D eigenvalue weighted by atomic mass is 35.5. The number of carbonyl (C=O) groups is 2. The number of carbonyl (C=O) groups excluding carboxylic acids is 2. The molecule has 0 heterocycles. The van der Waals surface area contributed by atoms with Gasteiger partial charge in [-0.15, -0.1) is 0 Å². The minimum absolute atomic E-state index is 0.0291. The molecule has 0 bridgehead atoms. The highest BCUT2D eigenvalue weighted by molar-refractivity contribution is 7.92. The van der Waals surface area contributed by atoms with Gasteiger partial charge in [0.2, 0.25) is 21.8 Å². The normalized spacial score (nSPS) is 12.2. The van der Waals surface area contributed by atoms with Crippen molar-refractivity contribution in [3.05, 3.63) is 101 Å². The quantitative estimate of drug-likeness (QED) is 0.374. The summed E-state index contributed by atoms with van der Waals surface area (Å²) in [5.41, 5.74) is 2.76. The van der Waals surface area contributed by atoms with Gasteiger partial charge in [-0.2, -0.15) is 0 Å². The maximum absolute atomic E-state index is 14.0. The first-order chi connectivity index (χ1) is 18.0. The fraction of sp³-hybridized carbons (Fsp3) is 0.310. The predicted octanol–water partition coefficient (Wildman–Crippen LogP) is 4.62. The molecule has 9 heteroatoms. The van der Waals surface area contributed by atoms with Gasteiger partial charge in [-0.25, -0.2) is 8.42 Å². The summed E-state index contributed by atoms with van der Waals surface area (Å²) in [4.78, 5) is 28.6. The maximum atomic E-state index is 14.0. The molecule has 7 nitrogen and oxygen atoms in total. The van der Waals surface area contributed by atoms with Crippen LogP contribution in [0.4, 0.5) is 5.69 Å². The third-order valence-corrected chi connectivity index (χ3v) is 7.82. The zero-order valence-corrected chi connectivity index (χ0v) is 23.7. The lowest BCUT2D eigenvalue weighted by Gasteiger charge is -2.34. The van der Waals surface area contributed by atoms with E-state index in [4.69, 9.17) is 11.6 Å². The van der Waals surface area contributed by atoms with E-state index < -0.39 is 28.5 Å². The van der Waals surface area contributed by atoms with Crippen LogP contribution in [0, 0.1) is 0 Å². The molecule has 38 heavy (non-hydrogen) atoms. The highest BCUT2D eigenvalue weighted by Crippen LogP contribution is 2.29. The van der Waals surface area contributed by atoms with Gasteiger partial charge >= 0.3 is 0 Å². The zero-order valence-electron chi connectivity index (χ0n) is 22.1. The minimum atomic E-state index is -3.83. The summed E-state index contributed by atoms with van der Waals surface area (Å²) in [5.74, 6) is -0.845. The number of sulfonamides is 1. The van der Waals surface area contributed by atoms with Gasteiger partial charge in [-0.05, 0) is 34.7 Å². The molecule has 0 spiro atoms. The van der Waals surface area contributed by atoms with E-state index in [-0.39, 0.29) is 24.8 Å². The molecule has 1 atom stereocenters. The Morgan fingerprint density at radius 1 is 0.921 bits per heavy atom. The van der Waals surface area contributed by atoms with E-state index in [9.17, 15) is 18.0 Å². The van der Waals surface area contributed by atoms with Crippen molar-refractivity contribution in [3.63, 3.8) is 0 Å². The molecule has 0 aliphatic rings. The SMILES string of the molecule is CNC(=O)C(Cc1ccccc1)N(Cc1ccccc1Cl)C(=O)CN(c1ccccc1C(C)C)S(C)(=O)=O. The first kappa shape index (κ1) is 29.2. The summed E-state index contributed by atoms with van der Waals surface area (Å²) in [6.07, 6.45) is 1.33. The second-order valence-corrected chi connectivity index (χ2v) is 11.7. The monoisotopic (exact) mass is 555 g/mol. The van der Waals surface area contributed by atoms with Crippen molar-refractivity contribution in [2.75, 3.05) is 24.2 Å². The fourth-order valence-corrected chi connectivity index (χ4v) is 5.39. The largest absolute Gasteiger partial charge is 0.357 e. The number of anilines is 1. The first-order valence-electron chi connectivity index (χ1n) is 12.4. The van der Waals surface area contributed by atoms with Crippen LogP contribution in [0.1, 0.15) is 36.5 Å². The van der Waals surface area contributed by atoms with Crippen molar-refractivity contribution in [2.24, 2.45) is 0 Å². The lowest BCUT2D eigenvalue weighted by molar-refractivity contribution is -0.139. The molecule has 1 N–H and O–H groups in total. The van der Waals surface area contributed by atoms with Crippen LogP contribution >= 0.6 is 11.6 Å². The maximum Gasteiger partial charge on any atom is 0.244 e. The second-order valence-electron chi connectivity index (χ2n) is 9.42. The highest BCUT2D eigenvalue weighted by Gasteiger charge is 2.33. The number of amides is 2. The molecule has 202 valence electrons. The molecule has 0 radical (unpaired) electrons. The molecular weight excluding hydrogens is 522 g/mol. The summed E-state index contributed by atoms with van der Waals surface area (Å²) in [5, 5.41) is 3.11. The Morgan fingerprint density at radius 2 is 1.53 bits per heavy atom. The smallest absolute Gasteiger partial charge is 0.244 e. The number of nitrogens with zero attached hydrogens (tertiary/aromatic N) is 2. The Morgan fingerprint density at radius 3 is 2.13 bits per heavy atom. The van der Waals surface area contributed by atoms with Crippen LogP contribution in [0.15, 0.2) is 78.9 Å². The number of rotatable bonds is 11. The molecule has 3 aromatic rings. The number of halogens is 1. The number of likely N-dealkylation sites (N-methyl/N-ethyl adjacent to an activating group) is 1. The van der Waals surface area contributed by atoms with Crippen molar-refractivity contribution in [2.45, 2.75) is 38.8 Å². The van der Waals surface area contributed by atoms with Gasteiger partial charge in [0.25, 0.3) is 0 Å². The summed E-state index contributed by atoms with van der Waals surface area (Å²) in [7, 11) is -2.32. The molecule has 3 aromatic carbocycles. The summed E-state index contributed by atoms with van der Waals surface area (Å²) < 4.78 is 27.1. The number of hydrogen-bond acceptors (Lipinski definition) is 4. The zero-order chi connectivity index (χ0) is 27.9. The van der Waals surface area contributed by atoms with Gasteiger partial charge in [-0.1, -0.05) is 92.2 Å². The molecule has 0 aliphatic heterocycles. The van der Waals surface area contributed by atoms with Gasteiger partial charge in [-0.3, -0.25) is 13.9 Å². The van der Waals surface area contributed by atoms with Crippen molar-refractivity contribution in [3.8, 4) is 0 Å². The topological polar surface area (TPSA) is 86.8 Å². The van der Waals surface area contributed by atoms with Crippen LogP contribution in [-0.2, 0) is 32.6 Å². The van der Waals surface area contributed by atoms with Crippen LogP contribution in [-0.4, -0.2) is 51.0 Å². The molecule has 2 amide bonds.